The summed E-state index contributed by atoms with van der Waals surface area (Å²) in [7, 11) is -0.745. The summed E-state index contributed by atoms with van der Waals surface area (Å²) < 4.78 is 32.6. The van der Waals surface area contributed by atoms with Crippen LogP contribution in [0.2, 0.25) is 0 Å². The van der Waals surface area contributed by atoms with Gasteiger partial charge in [0.1, 0.15) is 5.75 Å². The Morgan fingerprint density at radius 2 is 1.71 bits per heavy atom. The van der Waals surface area contributed by atoms with Gasteiger partial charge in [-0.2, -0.15) is 0 Å². The van der Waals surface area contributed by atoms with Gasteiger partial charge in [0.05, 0.1) is 23.4 Å². The van der Waals surface area contributed by atoms with Gasteiger partial charge in [0.2, 0.25) is 0 Å². The second-order valence-electron chi connectivity index (χ2n) is 7.44. The third-order valence-electron chi connectivity index (χ3n) is 5.25. The Morgan fingerprint density at radius 3 is 2.38 bits per heavy atom. The topological polar surface area (TPSA) is 88.6 Å². The second kappa shape index (κ2) is 9.66. The first-order valence-electron chi connectivity index (χ1n) is 10.4. The molecule has 4 rings (SSSR count). The number of nitrogens with zero attached hydrogens (tertiary/aromatic N) is 2. The largest absolute Gasteiger partial charge is 0.497 e. The number of benzene rings is 3. The lowest BCUT2D eigenvalue weighted by atomic mass is 10.1. The van der Waals surface area contributed by atoms with Crippen LogP contribution in [0.4, 0.5) is 10.8 Å². The first-order valence-corrected chi connectivity index (χ1v) is 12.6. The lowest BCUT2D eigenvalue weighted by Crippen LogP contribution is -2.26. The molecule has 0 radical (unpaired) electrons. The molecular formula is C25H23N3O4S2. The number of sulfonamides is 1. The summed E-state index contributed by atoms with van der Waals surface area (Å²) in [6.07, 6.45) is 0. The first-order chi connectivity index (χ1) is 16.3. The molecule has 9 heteroatoms. The summed E-state index contributed by atoms with van der Waals surface area (Å²) in [6, 6.07) is 22.2. The number of ether oxygens (including phenoxy) is 1. The summed E-state index contributed by atoms with van der Waals surface area (Å²) in [5.74, 6) is 0.312. The van der Waals surface area contributed by atoms with Gasteiger partial charge in [-0.25, -0.2) is 13.4 Å². The fourth-order valence-corrected chi connectivity index (χ4v) is 5.44. The van der Waals surface area contributed by atoms with Crippen molar-refractivity contribution < 1.29 is 17.9 Å². The maximum Gasteiger partial charge on any atom is 0.264 e. The number of carbonyl (C=O) groups excluding carboxylic acids is 1. The molecule has 0 aliphatic rings. The first kappa shape index (κ1) is 23.5. The maximum atomic E-state index is 13.1. The van der Waals surface area contributed by atoms with E-state index in [0.29, 0.717) is 10.8 Å². The Balaban J connectivity index is 1.55. The van der Waals surface area contributed by atoms with E-state index in [9.17, 15) is 13.2 Å². The van der Waals surface area contributed by atoms with E-state index >= 15 is 0 Å². The molecule has 1 aromatic heterocycles. The van der Waals surface area contributed by atoms with Crippen molar-refractivity contribution in [2.75, 3.05) is 23.8 Å². The zero-order chi connectivity index (χ0) is 24.3. The monoisotopic (exact) mass is 493 g/mol. The van der Waals surface area contributed by atoms with Gasteiger partial charge in [-0.3, -0.25) is 14.4 Å². The number of methoxy groups -OCH3 is 1. The van der Waals surface area contributed by atoms with E-state index in [1.165, 1.54) is 34.8 Å². The molecule has 0 unspecified atom stereocenters. The summed E-state index contributed by atoms with van der Waals surface area (Å²) in [4.78, 5) is 18.4. The van der Waals surface area contributed by atoms with Crippen molar-refractivity contribution in [3.63, 3.8) is 0 Å². The Hall–Kier alpha value is -3.69. The van der Waals surface area contributed by atoms with Crippen LogP contribution in [-0.2, 0) is 10.0 Å². The lowest BCUT2D eigenvalue weighted by Gasteiger charge is -2.19. The number of aryl methyl sites for hydroxylation is 1. The summed E-state index contributed by atoms with van der Waals surface area (Å²) in [5, 5.41) is 3.22. The molecule has 34 heavy (non-hydrogen) atoms. The van der Waals surface area contributed by atoms with Gasteiger partial charge in [-0.1, -0.05) is 24.3 Å². The number of carbonyl (C=O) groups is 1. The van der Waals surface area contributed by atoms with Crippen LogP contribution >= 0.6 is 11.3 Å². The molecular weight excluding hydrogens is 470 g/mol. The summed E-state index contributed by atoms with van der Waals surface area (Å²) in [6.45, 7) is 1.93. The minimum atomic E-state index is -3.84. The highest BCUT2D eigenvalue weighted by Gasteiger charge is 2.23. The predicted octanol–water partition coefficient (Wildman–Crippen LogP) is 5.20. The summed E-state index contributed by atoms with van der Waals surface area (Å²) >= 11 is 1.35. The van der Waals surface area contributed by atoms with Crippen molar-refractivity contribution >= 4 is 38.1 Å². The number of nitrogens with one attached hydrogen (secondary N) is 1. The van der Waals surface area contributed by atoms with Crippen molar-refractivity contribution in [2.24, 2.45) is 0 Å². The zero-order valence-corrected chi connectivity index (χ0v) is 20.5. The smallest absolute Gasteiger partial charge is 0.264 e. The van der Waals surface area contributed by atoms with Crippen molar-refractivity contribution in [2.45, 2.75) is 11.8 Å². The second-order valence-corrected chi connectivity index (χ2v) is 10.6. The fraction of sp³-hybridized carbons (Fsp3) is 0.120. The van der Waals surface area contributed by atoms with Crippen molar-refractivity contribution in [3.05, 3.63) is 89.3 Å². The SMILES string of the molecule is COc1ccc(-c2nc(NC(=O)c3cccc(S(=O)(=O)N(C)c4ccccc4)c3)sc2C)cc1. The number of thiazole rings is 1. The number of amides is 1. The third kappa shape index (κ3) is 4.80. The fourth-order valence-electron chi connectivity index (χ4n) is 3.37. The number of hydrogen-bond acceptors (Lipinski definition) is 6. The van der Waals surface area contributed by atoms with E-state index in [1.54, 1.807) is 43.5 Å². The number of rotatable bonds is 7. The van der Waals surface area contributed by atoms with Gasteiger partial charge >= 0.3 is 0 Å². The molecule has 1 amide bonds. The van der Waals surface area contributed by atoms with E-state index in [4.69, 9.17) is 4.74 Å². The van der Waals surface area contributed by atoms with Gasteiger partial charge in [-0.05, 0) is 61.5 Å². The highest BCUT2D eigenvalue weighted by molar-refractivity contribution is 7.92. The minimum absolute atomic E-state index is 0.0285. The van der Waals surface area contributed by atoms with Gasteiger partial charge in [0.15, 0.2) is 5.13 Å². The number of anilines is 2. The van der Waals surface area contributed by atoms with Crippen molar-refractivity contribution in [3.8, 4) is 17.0 Å². The van der Waals surface area contributed by atoms with Crippen LogP contribution in [0.25, 0.3) is 11.3 Å². The minimum Gasteiger partial charge on any atom is -0.497 e. The molecule has 0 aliphatic heterocycles. The van der Waals surface area contributed by atoms with Crippen LogP contribution in [0, 0.1) is 6.92 Å². The molecule has 0 fully saturated rings. The molecule has 0 aliphatic carbocycles. The van der Waals surface area contributed by atoms with Gasteiger partial charge < -0.3 is 4.74 Å². The van der Waals surface area contributed by atoms with Crippen LogP contribution in [0.3, 0.4) is 0 Å². The van der Waals surface area contributed by atoms with Crippen LogP contribution in [0.1, 0.15) is 15.2 Å². The molecule has 0 saturated heterocycles. The Kier molecular flexibility index (Phi) is 6.67. The molecule has 174 valence electrons. The quantitative estimate of drug-likeness (QED) is 0.382. The van der Waals surface area contributed by atoms with Crippen molar-refractivity contribution in [1.82, 2.24) is 4.98 Å². The van der Waals surface area contributed by atoms with Crippen molar-refractivity contribution in [1.29, 1.82) is 0 Å². The van der Waals surface area contributed by atoms with E-state index in [-0.39, 0.29) is 10.5 Å². The van der Waals surface area contributed by atoms with E-state index in [1.807, 2.05) is 37.3 Å². The predicted molar refractivity (Wildman–Crippen MR) is 135 cm³/mol. The van der Waals surface area contributed by atoms with Gasteiger partial charge in [0.25, 0.3) is 15.9 Å². The molecule has 0 bridgehead atoms. The number of hydrogen-bond donors (Lipinski definition) is 1. The molecule has 0 spiro atoms. The molecule has 7 nitrogen and oxygen atoms in total. The van der Waals surface area contributed by atoms with Crippen LogP contribution in [0.15, 0.2) is 83.8 Å². The Morgan fingerprint density at radius 1 is 1.00 bits per heavy atom. The average Bonchev–Trinajstić information content (AvgIpc) is 3.23. The highest BCUT2D eigenvalue weighted by Crippen LogP contribution is 2.31. The van der Waals surface area contributed by atoms with Crippen LogP contribution in [-0.4, -0.2) is 33.5 Å². The van der Waals surface area contributed by atoms with Crippen LogP contribution in [0.5, 0.6) is 5.75 Å². The van der Waals surface area contributed by atoms with Gasteiger partial charge in [-0.15, -0.1) is 11.3 Å². The number of para-hydroxylation sites is 1. The normalized spacial score (nSPS) is 11.1. The average molecular weight is 494 g/mol. The third-order valence-corrected chi connectivity index (χ3v) is 7.92. The zero-order valence-electron chi connectivity index (χ0n) is 18.8. The van der Waals surface area contributed by atoms with E-state index in [2.05, 4.69) is 10.3 Å². The van der Waals surface area contributed by atoms with Gasteiger partial charge in [0, 0.05) is 23.1 Å². The molecule has 0 atom stereocenters. The van der Waals surface area contributed by atoms with E-state index < -0.39 is 15.9 Å². The molecule has 4 aromatic rings. The van der Waals surface area contributed by atoms with E-state index in [0.717, 1.165) is 21.9 Å². The lowest BCUT2D eigenvalue weighted by molar-refractivity contribution is 0.102. The number of aromatic nitrogens is 1. The maximum absolute atomic E-state index is 13.1. The van der Waals surface area contributed by atoms with Crippen LogP contribution < -0.4 is 14.4 Å². The Labute approximate surface area is 202 Å². The molecule has 1 N–H and O–H groups in total. The molecule has 1 heterocycles. The highest BCUT2D eigenvalue weighted by atomic mass is 32.2. The summed E-state index contributed by atoms with van der Waals surface area (Å²) in [5.41, 5.74) is 2.43. The molecule has 0 saturated carbocycles. The Bertz CT molecular complexity index is 1420. The molecule has 3 aromatic carbocycles. The standard InChI is InChI=1S/C25H23N3O4S2/c1-17-23(18-12-14-21(32-3)15-13-18)26-25(33-17)27-24(29)19-8-7-11-22(16-19)34(30,31)28(2)20-9-5-4-6-10-20/h4-16H,1-3H3,(H,26,27,29).